The molecule has 2 heterocycles. The zero-order chi connectivity index (χ0) is 12.0. The van der Waals surface area contributed by atoms with Crippen LogP contribution in [-0.2, 0) is 7.05 Å². The Bertz CT molecular complexity index is 679. The summed E-state index contributed by atoms with van der Waals surface area (Å²) in [7, 11) is 1.83. The number of aryl methyl sites for hydroxylation is 1. The molecule has 0 aliphatic rings. The number of aromatic nitrogens is 2. The van der Waals surface area contributed by atoms with Gasteiger partial charge in [0.1, 0.15) is 11.3 Å². The van der Waals surface area contributed by atoms with Gasteiger partial charge >= 0.3 is 0 Å². The van der Waals surface area contributed by atoms with Crippen molar-refractivity contribution in [3.05, 3.63) is 35.5 Å². The van der Waals surface area contributed by atoms with E-state index in [4.69, 9.17) is 21.8 Å². The molecule has 0 saturated carbocycles. The van der Waals surface area contributed by atoms with Crippen molar-refractivity contribution in [2.45, 2.75) is 0 Å². The lowest BCUT2D eigenvalue weighted by Gasteiger charge is -1.98. The van der Waals surface area contributed by atoms with E-state index in [0.717, 1.165) is 16.7 Å². The zero-order valence-corrected chi connectivity index (χ0v) is 9.90. The standard InChI is InChI=1S/C12H10ClN3O/c1-16-12(9(14)6-15-16)11-4-7-2-3-8(13)5-10(7)17-11/h2-6H,14H2,1H3. The van der Waals surface area contributed by atoms with Gasteiger partial charge in [-0.15, -0.1) is 0 Å². The van der Waals surface area contributed by atoms with Gasteiger partial charge in [-0.25, -0.2) is 0 Å². The second-order valence-corrected chi connectivity index (χ2v) is 4.30. The molecule has 0 radical (unpaired) electrons. The number of benzene rings is 1. The highest BCUT2D eigenvalue weighted by Crippen LogP contribution is 2.31. The first-order chi connectivity index (χ1) is 8.15. The van der Waals surface area contributed by atoms with E-state index in [-0.39, 0.29) is 0 Å². The Hall–Kier alpha value is -1.94. The third-order valence-electron chi connectivity index (χ3n) is 2.68. The lowest BCUT2D eigenvalue weighted by Crippen LogP contribution is -1.94. The topological polar surface area (TPSA) is 57.0 Å². The Labute approximate surface area is 103 Å². The number of anilines is 1. The maximum atomic E-state index is 5.91. The molecular weight excluding hydrogens is 238 g/mol. The number of nitrogens with zero attached hydrogens (tertiary/aromatic N) is 2. The average molecular weight is 248 g/mol. The zero-order valence-electron chi connectivity index (χ0n) is 9.14. The summed E-state index contributed by atoms with van der Waals surface area (Å²) in [5.74, 6) is 0.694. The summed E-state index contributed by atoms with van der Waals surface area (Å²) in [5.41, 5.74) is 7.97. The summed E-state index contributed by atoms with van der Waals surface area (Å²) in [4.78, 5) is 0. The number of nitrogen functional groups attached to an aromatic ring is 1. The molecule has 0 aliphatic heterocycles. The molecule has 86 valence electrons. The third kappa shape index (κ3) is 1.57. The van der Waals surface area contributed by atoms with Gasteiger partial charge in [-0.05, 0) is 18.2 Å². The fourth-order valence-corrected chi connectivity index (χ4v) is 2.04. The lowest BCUT2D eigenvalue weighted by molar-refractivity contribution is 0.618. The second kappa shape index (κ2) is 3.53. The number of furan rings is 1. The smallest absolute Gasteiger partial charge is 0.155 e. The Morgan fingerprint density at radius 3 is 2.88 bits per heavy atom. The number of fused-ring (bicyclic) bond motifs is 1. The van der Waals surface area contributed by atoms with Crippen LogP contribution in [-0.4, -0.2) is 9.78 Å². The molecule has 3 rings (SSSR count). The van der Waals surface area contributed by atoms with Crippen molar-refractivity contribution in [1.29, 1.82) is 0 Å². The molecule has 5 heteroatoms. The molecule has 0 spiro atoms. The van der Waals surface area contributed by atoms with Crippen molar-refractivity contribution in [3.8, 4) is 11.5 Å². The molecule has 2 N–H and O–H groups in total. The summed E-state index contributed by atoms with van der Waals surface area (Å²) in [5, 5.41) is 5.73. The number of nitrogens with two attached hydrogens (primary N) is 1. The van der Waals surface area contributed by atoms with Gasteiger partial charge in [-0.1, -0.05) is 11.6 Å². The molecule has 0 unspecified atom stereocenters. The minimum Gasteiger partial charge on any atom is -0.454 e. The quantitative estimate of drug-likeness (QED) is 0.719. The van der Waals surface area contributed by atoms with Crippen molar-refractivity contribution >= 4 is 28.3 Å². The summed E-state index contributed by atoms with van der Waals surface area (Å²) in [6.45, 7) is 0. The van der Waals surface area contributed by atoms with Gasteiger partial charge in [-0.3, -0.25) is 4.68 Å². The molecule has 3 aromatic rings. The first-order valence-electron chi connectivity index (χ1n) is 5.12. The predicted octanol–water partition coefficient (Wildman–Crippen LogP) is 3.07. The van der Waals surface area contributed by atoms with Crippen LogP contribution in [0.3, 0.4) is 0 Å². The van der Waals surface area contributed by atoms with Crippen molar-refractivity contribution in [2.75, 3.05) is 5.73 Å². The Morgan fingerprint density at radius 2 is 2.18 bits per heavy atom. The number of halogens is 1. The SMILES string of the molecule is Cn1ncc(N)c1-c1cc2ccc(Cl)cc2o1. The van der Waals surface area contributed by atoms with E-state index in [0.29, 0.717) is 16.5 Å². The predicted molar refractivity (Wildman–Crippen MR) is 67.8 cm³/mol. The molecule has 4 nitrogen and oxygen atoms in total. The average Bonchev–Trinajstić information content (AvgIpc) is 2.81. The molecule has 0 saturated heterocycles. The fraction of sp³-hybridized carbons (Fsp3) is 0.0833. The van der Waals surface area contributed by atoms with E-state index in [2.05, 4.69) is 5.10 Å². The van der Waals surface area contributed by atoms with Crippen LogP contribution in [0.25, 0.3) is 22.4 Å². The van der Waals surface area contributed by atoms with E-state index >= 15 is 0 Å². The Morgan fingerprint density at radius 1 is 1.35 bits per heavy atom. The van der Waals surface area contributed by atoms with Crippen molar-refractivity contribution in [2.24, 2.45) is 7.05 Å². The van der Waals surface area contributed by atoms with Crippen molar-refractivity contribution in [1.82, 2.24) is 9.78 Å². The van der Waals surface area contributed by atoms with Gasteiger partial charge in [0.25, 0.3) is 0 Å². The molecule has 0 atom stereocenters. The minimum atomic E-state index is 0.595. The van der Waals surface area contributed by atoms with Crippen LogP contribution in [0.15, 0.2) is 34.9 Å². The van der Waals surface area contributed by atoms with Gasteiger partial charge < -0.3 is 10.2 Å². The van der Waals surface area contributed by atoms with Crippen LogP contribution < -0.4 is 5.73 Å². The molecule has 0 fully saturated rings. The number of hydrogen-bond acceptors (Lipinski definition) is 3. The van der Waals surface area contributed by atoms with Crippen molar-refractivity contribution in [3.63, 3.8) is 0 Å². The summed E-state index contributed by atoms with van der Waals surface area (Å²) in [6.07, 6.45) is 1.61. The second-order valence-electron chi connectivity index (χ2n) is 3.86. The highest BCUT2D eigenvalue weighted by atomic mass is 35.5. The summed E-state index contributed by atoms with van der Waals surface area (Å²) < 4.78 is 7.42. The molecule has 2 aromatic heterocycles. The van der Waals surface area contributed by atoms with Crippen molar-refractivity contribution < 1.29 is 4.42 Å². The van der Waals surface area contributed by atoms with Crippen LogP contribution in [0.1, 0.15) is 0 Å². The Kier molecular flexibility index (Phi) is 2.12. The van der Waals surface area contributed by atoms with Gasteiger partial charge in [0.05, 0.1) is 11.9 Å². The Balaban J connectivity index is 2.25. The molecule has 0 bridgehead atoms. The van der Waals surface area contributed by atoms with E-state index in [1.165, 1.54) is 0 Å². The van der Waals surface area contributed by atoms with Gasteiger partial charge in [-0.2, -0.15) is 5.10 Å². The number of rotatable bonds is 1. The van der Waals surface area contributed by atoms with Crippen LogP contribution in [0.2, 0.25) is 5.02 Å². The molecule has 17 heavy (non-hydrogen) atoms. The summed E-state index contributed by atoms with van der Waals surface area (Å²) >= 11 is 5.91. The third-order valence-corrected chi connectivity index (χ3v) is 2.92. The van der Waals surface area contributed by atoms with Crippen LogP contribution >= 0.6 is 11.6 Å². The largest absolute Gasteiger partial charge is 0.454 e. The van der Waals surface area contributed by atoms with E-state index in [1.54, 1.807) is 16.9 Å². The van der Waals surface area contributed by atoms with E-state index in [9.17, 15) is 0 Å². The first-order valence-corrected chi connectivity index (χ1v) is 5.50. The maximum absolute atomic E-state index is 5.91. The van der Waals surface area contributed by atoms with Gasteiger partial charge in [0, 0.05) is 23.5 Å². The van der Waals surface area contributed by atoms with Crippen LogP contribution in [0, 0.1) is 0 Å². The van der Waals surface area contributed by atoms with Gasteiger partial charge in [0.15, 0.2) is 5.76 Å². The highest BCUT2D eigenvalue weighted by molar-refractivity contribution is 6.31. The lowest BCUT2D eigenvalue weighted by atomic mass is 10.2. The highest BCUT2D eigenvalue weighted by Gasteiger charge is 2.13. The fourth-order valence-electron chi connectivity index (χ4n) is 1.88. The summed E-state index contributed by atoms with van der Waals surface area (Å²) in [6, 6.07) is 7.46. The minimum absolute atomic E-state index is 0.595. The van der Waals surface area contributed by atoms with E-state index in [1.807, 2.05) is 25.2 Å². The van der Waals surface area contributed by atoms with Crippen LogP contribution in [0.4, 0.5) is 5.69 Å². The maximum Gasteiger partial charge on any atom is 0.155 e. The molecule has 1 aromatic carbocycles. The molecule has 0 amide bonds. The first kappa shape index (κ1) is 10.2. The molecular formula is C12H10ClN3O. The normalized spacial score (nSPS) is 11.2. The van der Waals surface area contributed by atoms with E-state index < -0.39 is 0 Å². The molecule has 0 aliphatic carbocycles. The van der Waals surface area contributed by atoms with Crippen LogP contribution in [0.5, 0.6) is 0 Å². The van der Waals surface area contributed by atoms with Gasteiger partial charge in [0.2, 0.25) is 0 Å². The number of hydrogen-bond donors (Lipinski definition) is 1. The monoisotopic (exact) mass is 247 g/mol.